The molecular formula is C10H21F2NO. The quantitative estimate of drug-likeness (QED) is 0.707. The predicted molar refractivity (Wildman–Crippen MR) is 53.8 cm³/mol. The molecular weight excluding hydrogens is 188 g/mol. The SMILES string of the molecule is CC.COCCN1CCC(F)(F)CC1. The molecule has 0 aliphatic carbocycles. The van der Waals surface area contributed by atoms with Gasteiger partial charge in [0.25, 0.3) is 5.92 Å². The maximum absolute atomic E-state index is 12.6. The van der Waals surface area contributed by atoms with Gasteiger partial charge in [0.15, 0.2) is 0 Å². The molecule has 0 unspecified atom stereocenters. The fourth-order valence-electron chi connectivity index (χ4n) is 1.32. The van der Waals surface area contributed by atoms with E-state index in [1.807, 2.05) is 18.7 Å². The number of alkyl halides is 2. The molecule has 0 aromatic rings. The molecule has 1 fully saturated rings. The Balaban J connectivity index is 0.000000791. The Bertz CT molecular complexity index is 132. The summed E-state index contributed by atoms with van der Waals surface area (Å²) in [6, 6.07) is 0. The van der Waals surface area contributed by atoms with Crippen molar-refractivity contribution >= 4 is 0 Å². The summed E-state index contributed by atoms with van der Waals surface area (Å²) in [5, 5.41) is 0. The second kappa shape index (κ2) is 7.12. The lowest BCUT2D eigenvalue weighted by Gasteiger charge is -2.31. The molecule has 0 N–H and O–H groups in total. The summed E-state index contributed by atoms with van der Waals surface area (Å²) in [5.74, 6) is -2.43. The van der Waals surface area contributed by atoms with Crippen molar-refractivity contribution in [2.45, 2.75) is 32.6 Å². The largest absolute Gasteiger partial charge is 0.383 e. The highest BCUT2D eigenvalue weighted by atomic mass is 19.3. The van der Waals surface area contributed by atoms with E-state index in [9.17, 15) is 8.78 Å². The Morgan fingerprint density at radius 2 is 1.71 bits per heavy atom. The first-order valence-electron chi connectivity index (χ1n) is 5.23. The lowest BCUT2D eigenvalue weighted by Crippen LogP contribution is -2.40. The highest BCUT2D eigenvalue weighted by molar-refractivity contribution is 4.77. The summed E-state index contributed by atoms with van der Waals surface area (Å²) >= 11 is 0. The molecule has 0 aromatic carbocycles. The standard InChI is InChI=1S/C8H15F2NO.C2H6/c1-12-7-6-11-4-2-8(9,10)3-5-11;1-2/h2-7H2,1H3;1-2H3. The third-order valence-electron chi connectivity index (χ3n) is 2.20. The Labute approximate surface area is 85.2 Å². The topological polar surface area (TPSA) is 12.5 Å². The van der Waals surface area contributed by atoms with Gasteiger partial charge in [-0.1, -0.05) is 13.8 Å². The van der Waals surface area contributed by atoms with Crippen LogP contribution in [0.3, 0.4) is 0 Å². The van der Waals surface area contributed by atoms with Crippen LogP contribution in [0, 0.1) is 0 Å². The third kappa shape index (κ3) is 5.50. The van der Waals surface area contributed by atoms with E-state index < -0.39 is 5.92 Å². The smallest absolute Gasteiger partial charge is 0.250 e. The van der Waals surface area contributed by atoms with Crippen molar-refractivity contribution < 1.29 is 13.5 Å². The van der Waals surface area contributed by atoms with Crippen LogP contribution in [0.15, 0.2) is 0 Å². The molecule has 14 heavy (non-hydrogen) atoms. The molecule has 1 heterocycles. The van der Waals surface area contributed by atoms with E-state index in [1.54, 1.807) is 7.11 Å². The van der Waals surface area contributed by atoms with Crippen molar-refractivity contribution in [1.82, 2.24) is 4.90 Å². The minimum Gasteiger partial charge on any atom is -0.383 e. The summed E-state index contributed by atoms with van der Waals surface area (Å²) in [6.45, 7) is 6.39. The highest BCUT2D eigenvalue weighted by Gasteiger charge is 2.33. The number of methoxy groups -OCH3 is 1. The Morgan fingerprint density at radius 3 is 2.14 bits per heavy atom. The van der Waals surface area contributed by atoms with Gasteiger partial charge in [0.2, 0.25) is 0 Å². The van der Waals surface area contributed by atoms with Crippen LogP contribution in [-0.4, -0.2) is 44.2 Å². The maximum Gasteiger partial charge on any atom is 0.250 e. The Hall–Kier alpha value is -0.220. The molecule has 1 saturated heterocycles. The van der Waals surface area contributed by atoms with Crippen molar-refractivity contribution in [3.8, 4) is 0 Å². The highest BCUT2D eigenvalue weighted by Crippen LogP contribution is 2.27. The second-order valence-corrected chi connectivity index (χ2v) is 3.19. The lowest BCUT2D eigenvalue weighted by atomic mass is 10.1. The fraction of sp³-hybridized carbons (Fsp3) is 1.00. The minimum atomic E-state index is -2.43. The van der Waals surface area contributed by atoms with Crippen molar-refractivity contribution in [3.63, 3.8) is 0 Å². The number of rotatable bonds is 3. The van der Waals surface area contributed by atoms with Crippen molar-refractivity contribution in [1.29, 1.82) is 0 Å². The summed E-state index contributed by atoms with van der Waals surface area (Å²) in [5.41, 5.74) is 0. The van der Waals surface area contributed by atoms with E-state index in [1.165, 1.54) is 0 Å². The molecule has 1 rings (SSSR count). The van der Waals surface area contributed by atoms with Crippen molar-refractivity contribution in [3.05, 3.63) is 0 Å². The first-order chi connectivity index (χ1) is 6.64. The first-order valence-corrected chi connectivity index (χ1v) is 5.23. The van der Waals surface area contributed by atoms with Crippen LogP contribution in [0.2, 0.25) is 0 Å². The van der Waals surface area contributed by atoms with Crippen LogP contribution < -0.4 is 0 Å². The number of hydrogen-bond donors (Lipinski definition) is 0. The van der Waals surface area contributed by atoms with Crippen LogP contribution in [-0.2, 0) is 4.74 Å². The number of ether oxygens (including phenoxy) is 1. The number of nitrogens with zero attached hydrogens (tertiary/aromatic N) is 1. The normalized spacial score (nSPS) is 21.2. The molecule has 0 spiro atoms. The van der Waals surface area contributed by atoms with E-state index in [2.05, 4.69) is 0 Å². The van der Waals surface area contributed by atoms with Crippen LogP contribution in [0.5, 0.6) is 0 Å². The Kier molecular flexibility index (Phi) is 7.01. The van der Waals surface area contributed by atoms with E-state index >= 15 is 0 Å². The van der Waals surface area contributed by atoms with Gasteiger partial charge in [-0.25, -0.2) is 8.78 Å². The molecule has 0 saturated carbocycles. The molecule has 86 valence electrons. The van der Waals surface area contributed by atoms with Crippen molar-refractivity contribution in [2.24, 2.45) is 0 Å². The lowest BCUT2D eigenvalue weighted by molar-refractivity contribution is -0.0576. The first kappa shape index (κ1) is 13.8. The summed E-state index contributed by atoms with van der Waals surface area (Å²) in [6.07, 6.45) is -0.00652. The average Bonchev–Trinajstić information content (AvgIpc) is 2.19. The van der Waals surface area contributed by atoms with Gasteiger partial charge in [-0.15, -0.1) is 0 Å². The van der Waals surface area contributed by atoms with Gasteiger partial charge in [-0.3, -0.25) is 0 Å². The van der Waals surface area contributed by atoms with Gasteiger partial charge in [0, 0.05) is 39.6 Å². The molecule has 0 atom stereocenters. The van der Waals surface area contributed by atoms with Gasteiger partial charge >= 0.3 is 0 Å². The van der Waals surface area contributed by atoms with E-state index in [4.69, 9.17) is 4.74 Å². The van der Waals surface area contributed by atoms with Crippen LogP contribution in [0.4, 0.5) is 8.78 Å². The number of hydrogen-bond acceptors (Lipinski definition) is 2. The van der Waals surface area contributed by atoms with Gasteiger partial charge in [-0.05, 0) is 0 Å². The van der Waals surface area contributed by atoms with Crippen LogP contribution >= 0.6 is 0 Å². The van der Waals surface area contributed by atoms with Crippen molar-refractivity contribution in [2.75, 3.05) is 33.4 Å². The van der Waals surface area contributed by atoms with Crippen LogP contribution in [0.1, 0.15) is 26.7 Å². The molecule has 0 aromatic heterocycles. The molecule has 0 radical (unpaired) electrons. The Morgan fingerprint density at radius 1 is 1.21 bits per heavy atom. The van der Waals surface area contributed by atoms with E-state index in [-0.39, 0.29) is 12.8 Å². The second-order valence-electron chi connectivity index (χ2n) is 3.19. The predicted octanol–water partition coefficient (Wildman–Crippen LogP) is 2.39. The van der Waals surface area contributed by atoms with Gasteiger partial charge in [-0.2, -0.15) is 0 Å². The zero-order valence-electron chi connectivity index (χ0n) is 9.35. The molecule has 4 heteroatoms. The fourth-order valence-corrected chi connectivity index (χ4v) is 1.32. The number of halogens is 2. The van der Waals surface area contributed by atoms with Gasteiger partial charge < -0.3 is 9.64 Å². The van der Waals surface area contributed by atoms with Crippen LogP contribution in [0.25, 0.3) is 0 Å². The van der Waals surface area contributed by atoms with Gasteiger partial charge in [0.1, 0.15) is 0 Å². The zero-order chi connectivity index (χ0) is 11.0. The molecule has 0 bridgehead atoms. The minimum absolute atomic E-state index is 0.00326. The average molecular weight is 209 g/mol. The molecule has 1 aliphatic rings. The monoisotopic (exact) mass is 209 g/mol. The number of piperidine rings is 1. The maximum atomic E-state index is 12.6. The summed E-state index contributed by atoms with van der Waals surface area (Å²) in [7, 11) is 1.62. The molecule has 0 amide bonds. The van der Waals surface area contributed by atoms with E-state index in [0.29, 0.717) is 19.7 Å². The third-order valence-corrected chi connectivity index (χ3v) is 2.20. The van der Waals surface area contributed by atoms with Gasteiger partial charge in [0.05, 0.1) is 6.61 Å². The zero-order valence-corrected chi connectivity index (χ0v) is 9.35. The summed E-state index contributed by atoms with van der Waals surface area (Å²) in [4.78, 5) is 2.01. The molecule has 1 aliphatic heterocycles. The summed E-state index contributed by atoms with van der Waals surface area (Å²) < 4.78 is 30.2. The van der Waals surface area contributed by atoms with E-state index in [0.717, 1.165) is 6.54 Å². The number of likely N-dealkylation sites (tertiary alicyclic amines) is 1. The molecule has 2 nitrogen and oxygen atoms in total.